The summed E-state index contributed by atoms with van der Waals surface area (Å²) in [5, 5.41) is 4.55. The molecule has 1 heterocycles. The minimum atomic E-state index is 1.03. The van der Waals surface area contributed by atoms with E-state index < -0.39 is 0 Å². The molecule has 0 amide bonds. The number of likely N-dealkylation sites (N-methyl/N-ethyl adjacent to an activating group) is 1. The number of benzene rings is 1. The molecule has 0 radical (unpaired) electrons. The van der Waals surface area contributed by atoms with Crippen molar-refractivity contribution in [2.75, 3.05) is 13.6 Å². The maximum atomic E-state index is 3.41. The Morgan fingerprint density at radius 2 is 2.07 bits per heavy atom. The molecule has 74 valence electrons. The van der Waals surface area contributed by atoms with E-state index in [0.29, 0.717) is 0 Å². The molecule has 2 heteroatoms. The van der Waals surface area contributed by atoms with Gasteiger partial charge in [-0.15, -0.1) is 0 Å². The Hall–Kier alpha value is -1.28. The fourth-order valence-electron chi connectivity index (χ4n) is 1.91. The quantitative estimate of drug-likeness (QED) is 0.759. The minimum Gasteiger partial charge on any atom is -0.358 e. The van der Waals surface area contributed by atoms with Crippen molar-refractivity contribution in [3.05, 3.63) is 35.5 Å². The van der Waals surface area contributed by atoms with Gasteiger partial charge in [0.05, 0.1) is 0 Å². The van der Waals surface area contributed by atoms with Crippen molar-refractivity contribution < 1.29 is 0 Å². The van der Waals surface area contributed by atoms with Crippen molar-refractivity contribution in [3.8, 4) is 0 Å². The third-order valence-electron chi connectivity index (χ3n) is 2.65. The van der Waals surface area contributed by atoms with E-state index in [1.54, 1.807) is 0 Å². The average molecular weight is 188 g/mol. The fraction of sp³-hybridized carbons (Fsp3) is 0.333. The van der Waals surface area contributed by atoms with Crippen LogP contribution in [-0.2, 0) is 6.42 Å². The molecule has 0 spiro atoms. The summed E-state index contributed by atoms with van der Waals surface area (Å²) in [7, 11) is 1.99. The number of aryl methyl sites for hydroxylation is 1. The van der Waals surface area contributed by atoms with Crippen LogP contribution < -0.4 is 5.32 Å². The summed E-state index contributed by atoms with van der Waals surface area (Å²) in [5.41, 5.74) is 3.98. The van der Waals surface area contributed by atoms with Crippen LogP contribution in [0.5, 0.6) is 0 Å². The Labute approximate surface area is 84.3 Å². The first-order valence-corrected chi connectivity index (χ1v) is 5.03. The van der Waals surface area contributed by atoms with Gasteiger partial charge in [-0.3, -0.25) is 0 Å². The SMILES string of the molecule is CNCCc1c(C)[nH]c2ccccc12. The highest BCUT2D eigenvalue weighted by atomic mass is 14.8. The molecule has 0 bridgehead atoms. The van der Waals surface area contributed by atoms with Gasteiger partial charge in [0.25, 0.3) is 0 Å². The zero-order valence-electron chi connectivity index (χ0n) is 8.72. The van der Waals surface area contributed by atoms with Crippen LogP contribution in [-0.4, -0.2) is 18.6 Å². The summed E-state index contributed by atoms with van der Waals surface area (Å²) >= 11 is 0. The molecular formula is C12H16N2. The molecule has 2 nitrogen and oxygen atoms in total. The van der Waals surface area contributed by atoms with Crippen molar-refractivity contribution in [2.24, 2.45) is 0 Å². The van der Waals surface area contributed by atoms with Gasteiger partial charge in [-0.1, -0.05) is 18.2 Å². The summed E-state index contributed by atoms with van der Waals surface area (Å²) < 4.78 is 0. The molecule has 2 N–H and O–H groups in total. The molecule has 0 aliphatic rings. The van der Waals surface area contributed by atoms with Gasteiger partial charge in [0.15, 0.2) is 0 Å². The second-order valence-corrected chi connectivity index (χ2v) is 3.63. The van der Waals surface area contributed by atoms with Crippen LogP contribution in [0.3, 0.4) is 0 Å². The van der Waals surface area contributed by atoms with Crippen molar-refractivity contribution >= 4 is 10.9 Å². The highest BCUT2D eigenvalue weighted by Gasteiger charge is 2.06. The maximum absolute atomic E-state index is 3.41. The lowest BCUT2D eigenvalue weighted by molar-refractivity contribution is 0.791. The van der Waals surface area contributed by atoms with Gasteiger partial charge in [0.1, 0.15) is 0 Å². The Balaban J connectivity index is 2.45. The lowest BCUT2D eigenvalue weighted by atomic mass is 10.1. The van der Waals surface area contributed by atoms with Crippen molar-refractivity contribution in [3.63, 3.8) is 0 Å². The second kappa shape index (κ2) is 3.84. The number of rotatable bonds is 3. The van der Waals surface area contributed by atoms with Crippen molar-refractivity contribution in [2.45, 2.75) is 13.3 Å². The molecule has 0 unspecified atom stereocenters. The van der Waals surface area contributed by atoms with Crippen LogP contribution in [0.15, 0.2) is 24.3 Å². The Bertz CT molecular complexity index is 429. The Morgan fingerprint density at radius 1 is 1.29 bits per heavy atom. The minimum absolute atomic E-state index is 1.03. The Morgan fingerprint density at radius 3 is 2.86 bits per heavy atom. The van der Waals surface area contributed by atoms with E-state index in [4.69, 9.17) is 0 Å². The fourth-order valence-corrected chi connectivity index (χ4v) is 1.91. The molecule has 1 aromatic heterocycles. The van der Waals surface area contributed by atoms with E-state index in [1.807, 2.05) is 7.05 Å². The number of hydrogen-bond donors (Lipinski definition) is 2. The van der Waals surface area contributed by atoms with E-state index in [-0.39, 0.29) is 0 Å². The molecular weight excluding hydrogens is 172 g/mol. The summed E-state index contributed by atoms with van der Waals surface area (Å²) in [4.78, 5) is 3.41. The third kappa shape index (κ3) is 1.53. The number of aromatic amines is 1. The molecule has 0 atom stereocenters. The van der Waals surface area contributed by atoms with Gasteiger partial charge < -0.3 is 10.3 Å². The van der Waals surface area contributed by atoms with Crippen LogP contribution in [0.25, 0.3) is 10.9 Å². The molecule has 0 saturated heterocycles. The number of aromatic nitrogens is 1. The number of nitrogens with one attached hydrogen (secondary N) is 2. The normalized spacial score (nSPS) is 11.0. The van der Waals surface area contributed by atoms with Gasteiger partial charge in [0, 0.05) is 16.6 Å². The predicted molar refractivity (Wildman–Crippen MR) is 60.7 cm³/mol. The molecule has 0 fully saturated rings. The van der Waals surface area contributed by atoms with E-state index in [9.17, 15) is 0 Å². The lowest BCUT2D eigenvalue weighted by Crippen LogP contribution is -2.10. The zero-order chi connectivity index (χ0) is 9.97. The van der Waals surface area contributed by atoms with Gasteiger partial charge in [-0.25, -0.2) is 0 Å². The largest absolute Gasteiger partial charge is 0.358 e. The lowest BCUT2D eigenvalue weighted by Gasteiger charge is -2.00. The molecule has 0 aliphatic carbocycles. The summed E-state index contributed by atoms with van der Waals surface area (Å²) in [6.45, 7) is 3.17. The molecule has 2 aromatic rings. The van der Waals surface area contributed by atoms with E-state index in [2.05, 4.69) is 41.5 Å². The van der Waals surface area contributed by atoms with Crippen molar-refractivity contribution in [1.82, 2.24) is 10.3 Å². The van der Waals surface area contributed by atoms with E-state index in [1.165, 1.54) is 22.2 Å². The first kappa shape index (κ1) is 9.28. The summed E-state index contributed by atoms with van der Waals surface area (Å²) in [6.07, 6.45) is 1.09. The average Bonchev–Trinajstić information content (AvgIpc) is 2.51. The number of H-pyrrole nitrogens is 1. The van der Waals surface area contributed by atoms with E-state index in [0.717, 1.165) is 13.0 Å². The first-order chi connectivity index (χ1) is 6.83. The monoisotopic (exact) mass is 188 g/mol. The second-order valence-electron chi connectivity index (χ2n) is 3.63. The summed E-state index contributed by atoms with van der Waals surface area (Å²) in [5.74, 6) is 0. The van der Waals surface area contributed by atoms with Gasteiger partial charge in [0.2, 0.25) is 0 Å². The standard InChI is InChI=1S/C12H16N2/c1-9-10(7-8-13-2)11-5-3-4-6-12(11)14-9/h3-6,13-14H,7-8H2,1-2H3. The number of hydrogen-bond acceptors (Lipinski definition) is 1. The van der Waals surface area contributed by atoms with Crippen LogP contribution in [0.4, 0.5) is 0 Å². The topological polar surface area (TPSA) is 27.8 Å². The summed E-state index contributed by atoms with van der Waals surface area (Å²) in [6, 6.07) is 8.48. The highest BCUT2D eigenvalue weighted by Crippen LogP contribution is 2.21. The smallest absolute Gasteiger partial charge is 0.0458 e. The molecule has 0 saturated carbocycles. The number of para-hydroxylation sites is 1. The first-order valence-electron chi connectivity index (χ1n) is 5.03. The van der Waals surface area contributed by atoms with Crippen LogP contribution in [0.2, 0.25) is 0 Å². The number of fused-ring (bicyclic) bond motifs is 1. The molecule has 0 aliphatic heterocycles. The van der Waals surface area contributed by atoms with E-state index >= 15 is 0 Å². The van der Waals surface area contributed by atoms with Gasteiger partial charge in [-0.05, 0) is 38.6 Å². The van der Waals surface area contributed by atoms with Gasteiger partial charge in [-0.2, -0.15) is 0 Å². The molecule has 14 heavy (non-hydrogen) atoms. The van der Waals surface area contributed by atoms with Crippen molar-refractivity contribution in [1.29, 1.82) is 0 Å². The Kier molecular flexibility index (Phi) is 2.55. The third-order valence-corrected chi connectivity index (χ3v) is 2.65. The predicted octanol–water partition coefficient (Wildman–Crippen LogP) is 2.24. The van der Waals surface area contributed by atoms with Crippen LogP contribution in [0.1, 0.15) is 11.3 Å². The highest BCUT2D eigenvalue weighted by molar-refractivity contribution is 5.84. The maximum Gasteiger partial charge on any atom is 0.0458 e. The zero-order valence-corrected chi connectivity index (χ0v) is 8.72. The molecule has 2 rings (SSSR count). The van der Waals surface area contributed by atoms with Crippen LogP contribution >= 0.6 is 0 Å². The van der Waals surface area contributed by atoms with Gasteiger partial charge >= 0.3 is 0 Å². The van der Waals surface area contributed by atoms with Crippen LogP contribution in [0, 0.1) is 6.92 Å². The molecule has 1 aromatic carbocycles.